The zero-order chi connectivity index (χ0) is 19.6. The number of pyridine rings is 1. The molecule has 3 rings (SSSR count). The van der Waals surface area contributed by atoms with Crippen LogP contribution in [0.4, 0.5) is 5.69 Å². The zero-order valence-corrected chi connectivity index (χ0v) is 15.7. The molecule has 27 heavy (non-hydrogen) atoms. The Morgan fingerprint density at radius 3 is 2.48 bits per heavy atom. The van der Waals surface area contributed by atoms with Gasteiger partial charge in [0.05, 0.1) is 11.4 Å². The fourth-order valence-electron chi connectivity index (χ4n) is 2.60. The molecule has 0 unspecified atom stereocenters. The average molecular weight is 385 g/mol. The number of aryl methyl sites for hydroxylation is 1. The molecule has 1 amide bonds. The molecule has 1 aromatic heterocycles. The van der Waals surface area contributed by atoms with E-state index in [-0.39, 0.29) is 17.0 Å². The number of anilines is 1. The molecule has 0 spiro atoms. The summed E-state index contributed by atoms with van der Waals surface area (Å²) in [6.45, 7) is 1.62. The Morgan fingerprint density at radius 2 is 1.78 bits per heavy atom. The maximum Gasteiger partial charge on any atom is 0.248 e. The maximum atomic E-state index is 12.7. The summed E-state index contributed by atoms with van der Waals surface area (Å²) in [5, 5.41) is 3.27. The first-order chi connectivity index (χ1) is 12.8. The highest BCUT2D eigenvalue weighted by Gasteiger charge is 2.23. The van der Waals surface area contributed by atoms with Crippen molar-refractivity contribution in [3.63, 3.8) is 0 Å². The van der Waals surface area contributed by atoms with Crippen molar-refractivity contribution in [2.75, 3.05) is 18.9 Å². The highest BCUT2D eigenvalue weighted by Crippen LogP contribution is 2.19. The van der Waals surface area contributed by atoms with Crippen LogP contribution in [0.5, 0.6) is 0 Å². The van der Waals surface area contributed by atoms with E-state index < -0.39 is 15.9 Å². The maximum absolute atomic E-state index is 12.7. The predicted octanol–water partition coefficient (Wildman–Crippen LogP) is 2.10. The predicted molar refractivity (Wildman–Crippen MR) is 104 cm³/mol. The monoisotopic (exact) mass is 385 g/mol. The van der Waals surface area contributed by atoms with Crippen molar-refractivity contribution in [3.05, 3.63) is 70.5 Å². The first kappa shape index (κ1) is 18.8. The molecule has 0 radical (unpaired) electrons. The van der Waals surface area contributed by atoms with E-state index in [1.165, 1.54) is 31.3 Å². The fraction of sp³-hybridized carbons (Fsp3) is 0.158. The minimum absolute atomic E-state index is 0.0488. The van der Waals surface area contributed by atoms with Crippen LogP contribution in [-0.4, -0.2) is 37.2 Å². The largest absolute Gasteiger partial charge is 0.325 e. The minimum Gasteiger partial charge on any atom is -0.325 e. The van der Waals surface area contributed by atoms with Gasteiger partial charge in [0.25, 0.3) is 0 Å². The third kappa shape index (κ3) is 4.24. The number of carbonyl (C=O) groups is 1. The average Bonchev–Trinajstić information content (AvgIpc) is 2.63. The number of aromatic amines is 1. The molecular formula is C19H19N3O4S. The lowest BCUT2D eigenvalue weighted by atomic mass is 10.2. The Bertz CT molecular complexity index is 1150. The SMILES string of the molecule is Cc1ccc(NC(=O)CN(C)S(=O)(=O)c2ccc3[nH]c(=O)ccc3c2)cc1. The third-order valence-corrected chi connectivity index (χ3v) is 5.90. The molecule has 2 aromatic carbocycles. The second-order valence-corrected chi connectivity index (χ2v) is 8.29. The van der Waals surface area contributed by atoms with Gasteiger partial charge in [0, 0.05) is 24.3 Å². The van der Waals surface area contributed by atoms with Gasteiger partial charge in [0.2, 0.25) is 21.5 Å². The highest BCUT2D eigenvalue weighted by atomic mass is 32.2. The highest BCUT2D eigenvalue weighted by molar-refractivity contribution is 7.89. The Hall–Kier alpha value is -2.97. The van der Waals surface area contributed by atoms with E-state index in [0.29, 0.717) is 16.6 Å². The number of likely N-dealkylation sites (N-methyl/N-ethyl adjacent to an activating group) is 1. The first-order valence-corrected chi connectivity index (χ1v) is 9.66. The summed E-state index contributed by atoms with van der Waals surface area (Å²) in [5.74, 6) is -0.435. The standard InChI is InChI=1S/C19H19N3O4S/c1-13-3-6-15(7-4-13)20-19(24)12-22(2)27(25,26)16-8-9-17-14(11-16)5-10-18(23)21-17/h3-11H,12H2,1-2H3,(H,20,24)(H,21,23). The van der Waals surface area contributed by atoms with Crippen molar-refractivity contribution < 1.29 is 13.2 Å². The summed E-state index contributed by atoms with van der Waals surface area (Å²) in [4.78, 5) is 26.2. The molecule has 7 nitrogen and oxygen atoms in total. The van der Waals surface area contributed by atoms with Gasteiger partial charge in [0.15, 0.2) is 0 Å². The van der Waals surface area contributed by atoms with Crippen molar-refractivity contribution in [1.82, 2.24) is 9.29 Å². The van der Waals surface area contributed by atoms with E-state index in [0.717, 1.165) is 9.87 Å². The Balaban J connectivity index is 1.77. The Labute approximate surface area is 156 Å². The van der Waals surface area contributed by atoms with Crippen LogP contribution in [0.1, 0.15) is 5.56 Å². The molecular weight excluding hydrogens is 366 g/mol. The topological polar surface area (TPSA) is 99.3 Å². The Morgan fingerprint density at radius 1 is 1.07 bits per heavy atom. The molecule has 0 aliphatic carbocycles. The smallest absolute Gasteiger partial charge is 0.248 e. The van der Waals surface area contributed by atoms with E-state index in [9.17, 15) is 18.0 Å². The molecule has 140 valence electrons. The number of nitrogens with one attached hydrogen (secondary N) is 2. The van der Waals surface area contributed by atoms with Crippen molar-refractivity contribution in [3.8, 4) is 0 Å². The number of aromatic nitrogens is 1. The van der Waals surface area contributed by atoms with Crippen molar-refractivity contribution in [2.45, 2.75) is 11.8 Å². The number of carbonyl (C=O) groups excluding carboxylic acids is 1. The summed E-state index contributed by atoms with van der Waals surface area (Å²) in [7, 11) is -2.51. The van der Waals surface area contributed by atoms with Crippen LogP contribution in [0, 0.1) is 6.92 Å². The number of nitrogens with zero attached hydrogens (tertiary/aromatic N) is 1. The zero-order valence-electron chi connectivity index (χ0n) is 14.9. The van der Waals surface area contributed by atoms with Gasteiger partial charge in [-0.1, -0.05) is 17.7 Å². The molecule has 0 saturated heterocycles. The van der Waals surface area contributed by atoms with E-state index in [1.54, 1.807) is 18.2 Å². The van der Waals surface area contributed by atoms with Crippen molar-refractivity contribution in [1.29, 1.82) is 0 Å². The number of amides is 1. The summed E-state index contributed by atoms with van der Waals surface area (Å²) >= 11 is 0. The molecule has 0 aliphatic heterocycles. The fourth-order valence-corrected chi connectivity index (χ4v) is 3.76. The van der Waals surface area contributed by atoms with Crippen LogP contribution >= 0.6 is 0 Å². The van der Waals surface area contributed by atoms with E-state index in [1.807, 2.05) is 19.1 Å². The number of hydrogen-bond acceptors (Lipinski definition) is 4. The molecule has 3 aromatic rings. The van der Waals surface area contributed by atoms with Gasteiger partial charge in [-0.05, 0) is 48.7 Å². The number of sulfonamides is 1. The summed E-state index contributed by atoms with van der Waals surface area (Å²) in [6.07, 6.45) is 0. The Kier molecular flexibility index (Phi) is 5.11. The van der Waals surface area contributed by atoms with Gasteiger partial charge >= 0.3 is 0 Å². The lowest BCUT2D eigenvalue weighted by molar-refractivity contribution is -0.116. The summed E-state index contributed by atoms with van der Waals surface area (Å²) in [5.41, 5.74) is 1.95. The van der Waals surface area contributed by atoms with Crippen molar-refractivity contribution >= 4 is 32.5 Å². The van der Waals surface area contributed by atoms with Crippen LogP contribution in [0.25, 0.3) is 10.9 Å². The lowest BCUT2D eigenvalue weighted by Gasteiger charge is -2.17. The number of benzene rings is 2. The van der Waals surface area contributed by atoms with E-state index in [4.69, 9.17) is 0 Å². The number of hydrogen-bond donors (Lipinski definition) is 2. The lowest BCUT2D eigenvalue weighted by Crippen LogP contribution is -2.35. The molecule has 0 atom stereocenters. The van der Waals surface area contributed by atoms with Gasteiger partial charge in [-0.15, -0.1) is 0 Å². The third-order valence-electron chi connectivity index (χ3n) is 4.10. The van der Waals surface area contributed by atoms with Crippen LogP contribution in [0.2, 0.25) is 0 Å². The number of H-pyrrole nitrogens is 1. The van der Waals surface area contributed by atoms with Gasteiger partial charge in [-0.2, -0.15) is 4.31 Å². The molecule has 0 saturated carbocycles. The second kappa shape index (κ2) is 7.34. The molecule has 0 aliphatic rings. The summed E-state index contributed by atoms with van der Waals surface area (Å²) in [6, 6.07) is 14.5. The van der Waals surface area contributed by atoms with Gasteiger partial charge < -0.3 is 10.3 Å². The van der Waals surface area contributed by atoms with Gasteiger partial charge in [-0.3, -0.25) is 9.59 Å². The number of rotatable bonds is 5. The van der Waals surface area contributed by atoms with E-state index in [2.05, 4.69) is 10.3 Å². The summed E-state index contributed by atoms with van der Waals surface area (Å²) < 4.78 is 26.5. The van der Waals surface area contributed by atoms with Gasteiger partial charge in [-0.25, -0.2) is 8.42 Å². The molecule has 8 heteroatoms. The second-order valence-electron chi connectivity index (χ2n) is 6.25. The van der Waals surface area contributed by atoms with Crippen LogP contribution in [0.15, 0.2) is 64.3 Å². The van der Waals surface area contributed by atoms with Crippen molar-refractivity contribution in [2.24, 2.45) is 0 Å². The normalized spacial score (nSPS) is 11.7. The molecule has 0 bridgehead atoms. The molecule has 1 heterocycles. The molecule has 0 fully saturated rings. The van der Waals surface area contributed by atoms with E-state index >= 15 is 0 Å². The van der Waals surface area contributed by atoms with Crippen LogP contribution < -0.4 is 10.9 Å². The quantitative estimate of drug-likeness (QED) is 0.702. The molecule has 2 N–H and O–H groups in total. The first-order valence-electron chi connectivity index (χ1n) is 8.22. The minimum atomic E-state index is -3.85. The van der Waals surface area contributed by atoms with Crippen LogP contribution in [-0.2, 0) is 14.8 Å². The van der Waals surface area contributed by atoms with Crippen LogP contribution in [0.3, 0.4) is 0 Å². The van der Waals surface area contributed by atoms with Gasteiger partial charge in [0.1, 0.15) is 0 Å². The number of fused-ring (bicyclic) bond motifs is 1.